The van der Waals surface area contributed by atoms with E-state index < -0.39 is 0 Å². The molecule has 4 nitrogen and oxygen atoms in total. The minimum Gasteiger partial charge on any atom is -0.384 e. The van der Waals surface area contributed by atoms with Crippen molar-refractivity contribution in [2.75, 3.05) is 5.73 Å². The molecule has 1 aromatic heterocycles. The molecule has 0 fully saturated rings. The second-order valence-corrected chi connectivity index (χ2v) is 4.18. The third kappa shape index (κ3) is 2.39. The Labute approximate surface area is 78.4 Å². The number of nitrogens with two attached hydrogens (primary N) is 2. The van der Waals surface area contributed by atoms with Crippen molar-refractivity contribution in [3.05, 3.63) is 18.1 Å². The summed E-state index contributed by atoms with van der Waals surface area (Å²) >= 11 is 0. The molecule has 72 valence electrons. The van der Waals surface area contributed by atoms with Gasteiger partial charge in [-0.3, -0.25) is 0 Å². The van der Waals surface area contributed by atoms with Gasteiger partial charge in [0, 0.05) is 6.20 Å². The van der Waals surface area contributed by atoms with E-state index in [0.29, 0.717) is 11.6 Å². The standard InChI is InChI=1S/C9H16N4/c1-9(2,3)7(11)8-12-5-4-6(10)13-8/h4-5,7H,11H2,1-3H3,(H2,10,12,13). The molecule has 0 saturated carbocycles. The van der Waals surface area contributed by atoms with E-state index >= 15 is 0 Å². The third-order valence-corrected chi connectivity index (χ3v) is 1.91. The van der Waals surface area contributed by atoms with Gasteiger partial charge in [0.05, 0.1) is 6.04 Å². The van der Waals surface area contributed by atoms with E-state index in [-0.39, 0.29) is 11.5 Å². The topological polar surface area (TPSA) is 77.8 Å². The third-order valence-electron chi connectivity index (χ3n) is 1.91. The fraction of sp³-hybridized carbons (Fsp3) is 0.556. The predicted molar refractivity (Wildman–Crippen MR) is 52.8 cm³/mol. The van der Waals surface area contributed by atoms with Crippen molar-refractivity contribution in [3.63, 3.8) is 0 Å². The Bertz CT molecular complexity index is 290. The summed E-state index contributed by atoms with van der Waals surface area (Å²) in [6, 6.07) is 1.47. The smallest absolute Gasteiger partial charge is 0.147 e. The van der Waals surface area contributed by atoms with Gasteiger partial charge in [-0.15, -0.1) is 0 Å². The first-order chi connectivity index (χ1) is 5.91. The molecule has 13 heavy (non-hydrogen) atoms. The number of anilines is 1. The summed E-state index contributed by atoms with van der Waals surface area (Å²) in [5, 5.41) is 0. The summed E-state index contributed by atoms with van der Waals surface area (Å²) in [6.45, 7) is 6.14. The highest BCUT2D eigenvalue weighted by atomic mass is 15.0. The average molecular weight is 180 g/mol. The lowest BCUT2D eigenvalue weighted by Gasteiger charge is -2.25. The lowest BCUT2D eigenvalue weighted by Crippen LogP contribution is -2.28. The molecule has 0 bridgehead atoms. The molecule has 1 atom stereocenters. The quantitative estimate of drug-likeness (QED) is 0.678. The molecule has 1 heterocycles. The van der Waals surface area contributed by atoms with Gasteiger partial charge in [0.1, 0.15) is 11.6 Å². The van der Waals surface area contributed by atoms with Gasteiger partial charge in [0.15, 0.2) is 0 Å². The maximum Gasteiger partial charge on any atom is 0.147 e. The van der Waals surface area contributed by atoms with Gasteiger partial charge in [0.2, 0.25) is 0 Å². The Hall–Kier alpha value is -1.16. The molecule has 0 radical (unpaired) electrons. The van der Waals surface area contributed by atoms with Crippen LogP contribution in [0.3, 0.4) is 0 Å². The van der Waals surface area contributed by atoms with Crippen molar-refractivity contribution < 1.29 is 0 Å². The van der Waals surface area contributed by atoms with Crippen molar-refractivity contribution in [2.24, 2.45) is 11.1 Å². The van der Waals surface area contributed by atoms with Crippen LogP contribution in [0, 0.1) is 5.41 Å². The van der Waals surface area contributed by atoms with Crippen molar-refractivity contribution in [1.82, 2.24) is 9.97 Å². The summed E-state index contributed by atoms with van der Waals surface area (Å²) in [6.07, 6.45) is 1.63. The first-order valence-electron chi connectivity index (χ1n) is 4.25. The maximum atomic E-state index is 5.96. The van der Waals surface area contributed by atoms with Crippen LogP contribution in [0.2, 0.25) is 0 Å². The molecule has 0 aliphatic carbocycles. The Morgan fingerprint density at radius 2 is 2.00 bits per heavy atom. The van der Waals surface area contributed by atoms with Gasteiger partial charge in [-0.05, 0) is 11.5 Å². The van der Waals surface area contributed by atoms with Gasteiger partial charge in [-0.25, -0.2) is 9.97 Å². The van der Waals surface area contributed by atoms with E-state index in [1.54, 1.807) is 12.3 Å². The molecule has 1 aromatic rings. The molecular formula is C9H16N4. The molecule has 1 unspecified atom stereocenters. The maximum absolute atomic E-state index is 5.96. The summed E-state index contributed by atoms with van der Waals surface area (Å²) < 4.78 is 0. The molecule has 0 spiro atoms. The first-order valence-corrected chi connectivity index (χ1v) is 4.25. The molecular weight excluding hydrogens is 164 g/mol. The van der Waals surface area contributed by atoms with Crippen molar-refractivity contribution in [2.45, 2.75) is 26.8 Å². The summed E-state index contributed by atoms with van der Waals surface area (Å²) in [4.78, 5) is 8.17. The predicted octanol–water partition coefficient (Wildman–Crippen LogP) is 1.10. The SMILES string of the molecule is CC(C)(C)C(N)c1nccc(N)n1. The highest BCUT2D eigenvalue weighted by Gasteiger charge is 2.24. The van der Waals surface area contributed by atoms with Crippen LogP contribution in [0.5, 0.6) is 0 Å². The van der Waals surface area contributed by atoms with Gasteiger partial charge >= 0.3 is 0 Å². The van der Waals surface area contributed by atoms with E-state index in [4.69, 9.17) is 11.5 Å². The average Bonchev–Trinajstić information content (AvgIpc) is 2.01. The van der Waals surface area contributed by atoms with Crippen molar-refractivity contribution in [3.8, 4) is 0 Å². The minimum atomic E-state index is -0.184. The monoisotopic (exact) mass is 180 g/mol. The lowest BCUT2D eigenvalue weighted by molar-refractivity contribution is 0.315. The summed E-state index contributed by atoms with van der Waals surface area (Å²) in [7, 11) is 0. The molecule has 4 N–H and O–H groups in total. The second kappa shape index (κ2) is 3.30. The van der Waals surface area contributed by atoms with Crippen LogP contribution in [-0.4, -0.2) is 9.97 Å². The fourth-order valence-corrected chi connectivity index (χ4v) is 0.926. The zero-order valence-electron chi connectivity index (χ0n) is 8.28. The largest absolute Gasteiger partial charge is 0.384 e. The van der Waals surface area contributed by atoms with Crippen LogP contribution in [-0.2, 0) is 0 Å². The zero-order chi connectivity index (χ0) is 10.1. The molecule has 0 aliphatic heterocycles. The van der Waals surface area contributed by atoms with E-state index in [1.807, 2.05) is 20.8 Å². The molecule has 4 heteroatoms. The van der Waals surface area contributed by atoms with Gasteiger partial charge in [-0.2, -0.15) is 0 Å². The fourth-order valence-electron chi connectivity index (χ4n) is 0.926. The Balaban J connectivity index is 2.96. The van der Waals surface area contributed by atoms with E-state index in [2.05, 4.69) is 9.97 Å². The van der Waals surface area contributed by atoms with Crippen molar-refractivity contribution in [1.29, 1.82) is 0 Å². The number of rotatable bonds is 1. The molecule has 0 aromatic carbocycles. The lowest BCUT2D eigenvalue weighted by atomic mass is 9.87. The molecule has 1 rings (SSSR count). The van der Waals surface area contributed by atoms with Crippen molar-refractivity contribution >= 4 is 5.82 Å². The summed E-state index contributed by atoms with van der Waals surface area (Å²) in [5.74, 6) is 1.07. The molecule has 0 saturated heterocycles. The number of hydrogen-bond donors (Lipinski definition) is 2. The Morgan fingerprint density at radius 3 is 2.46 bits per heavy atom. The van der Waals surface area contributed by atoms with Crippen LogP contribution < -0.4 is 11.5 Å². The highest BCUT2D eigenvalue weighted by Crippen LogP contribution is 2.28. The number of hydrogen-bond acceptors (Lipinski definition) is 4. The summed E-state index contributed by atoms with van der Waals surface area (Å²) in [5.41, 5.74) is 11.4. The van der Waals surface area contributed by atoms with Crippen LogP contribution in [0.4, 0.5) is 5.82 Å². The minimum absolute atomic E-state index is 0.0478. The van der Waals surface area contributed by atoms with E-state index in [9.17, 15) is 0 Å². The van der Waals surface area contributed by atoms with E-state index in [0.717, 1.165) is 0 Å². The Kier molecular flexibility index (Phi) is 2.52. The van der Waals surface area contributed by atoms with E-state index in [1.165, 1.54) is 0 Å². The van der Waals surface area contributed by atoms with Gasteiger partial charge in [0.25, 0.3) is 0 Å². The first kappa shape index (κ1) is 9.92. The normalized spacial score (nSPS) is 14.2. The van der Waals surface area contributed by atoms with Crippen LogP contribution >= 0.6 is 0 Å². The molecule has 0 aliphatic rings. The number of nitrogens with zero attached hydrogens (tertiary/aromatic N) is 2. The van der Waals surface area contributed by atoms with Crippen LogP contribution in [0.25, 0.3) is 0 Å². The second-order valence-electron chi connectivity index (χ2n) is 4.18. The van der Waals surface area contributed by atoms with Crippen LogP contribution in [0.1, 0.15) is 32.6 Å². The number of nitrogen functional groups attached to an aromatic ring is 1. The van der Waals surface area contributed by atoms with Gasteiger partial charge < -0.3 is 11.5 Å². The zero-order valence-corrected chi connectivity index (χ0v) is 8.28. The Morgan fingerprint density at radius 1 is 1.38 bits per heavy atom. The molecule has 0 amide bonds. The number of aromatic nitrogens is 2. The highest BCUT2D eigenvalue weighted by molar-refractivity contribution is 5.26. The van der Waals surface area contributed by atoms with Crippen LogP contribution in [0.15, 0.2) is 12.3 Å². The van der Waals surface area contributed by atoms with Gasteiger partial charge in [-0.1, -0.05) is 20.8 Å².